The van der Waals surface area contributed by atoms with Crippen LogP contribution in [0.1, 0.15) is 184 Å². The molecule has 3 fully saturated rings. The summed E-state index contributed by atoms with van der Waals surface area (Å²) in [5.41, 5.74) is 16.4. The number of aliphatic hydroxyl groups excluding tert-OH is 3. The third kappa shape index (κ3) is 18.6. The molecule has 15 rings (SSSR count). The molecule has 20 nitrogen and oxygen atoms in total. The van der Waals surface area contributed by atoms with E-state index in [0.717, 1.165) is 118 Å². The molecule has 124 heavy (non-hydrogen) atoms. The number of fused-ring (bicyclic) bond motifs is 6. The van der Waals surface area contributed by atoms with Gasteiger partial charge in [0.05, 0.1) is 91.9 Å². The minimum absolute atomic E-state index is 0.0184. The Bertz CT molecular complexity index is 5570. The van der Waals surface area contributed by atoms with Crippen LogP contribution in [0.15, 0.2) is 133 Å². The first-order chi connectivity index (χ1) is 59.0. The third-order valence-corrected chi connectivity index (χ3v) is 26.8. The van der Waals surface area contributed by atoms with Gasteiger partial charge in [-0.2, -0.15) is 0 Å². The molecule has 0 unspecified atom stereocenters. The number of benzene rings is 9. The molecule has 0 saturated heterocycles. The highest BCUT2D eigenvalue weighted by Gasteiger charge is 2.58. The molecule has 3 saturated carbocycles. The molecule has 654 valence electrons. The first-order valence-electron chi connectivity index (χ1n) is 42.2. The summed E-state index contributed by atoms with van der Waals surface area (Å²) in [7, 11) is 12.9. The van der Waals surface area contributed by atoms with Crippen LogP contribution >= 0.6 is 0 Å². The minimum atomic E-state index is -0.372. The monoisotopic (exact) mass is 1690 g/mol. The second-order valence-electron chi connectivity index (χ2n) is 35.8. The van der Waals surface area contributed by atoms with Crippen molar-refractivity contribution < 1.29 is 93.0 Å². The summed E-state index contributed by atoms with van der Waals surface area (Å²) in [6, 6.07) is 40.6. The molecule has 9 atom stereocenters. The van der Waals surface area contributed by atoms with Crippen LogP contribution in [0.25, 0.3) is 72.9 Å². The van der Waals surface area contributed by atoms with Gasteiger partial charge >= 0.3 is 0 Å². The number of ether oxygens (including phenoxy) is 11. The standard InChI is InChI=1S/C36H42O7.C35H40O7.C33H37NO5/c1-35(2)32-21-25-16-23(20-31(42-7)34(25)43-36(32,3)15-14-33(35)38)8-9-24-17-27(37)26(29(19-24)40-5)12-10-22-11-13-28(39-4)30(18-22)41-6;1-34(2)31-20-24-15-22(19-30(41-6)33(24)42-35(31,3)14-13-32(34)38)7-8-23-16-26(36)25(27(37)17-23)11-9-21-10-12-28(39-4)29(18-21)40-5;1-32(2)29-19-23-15-21(18-28(38-4)31(23)39-33(29,3)14-13-30(32)37)5-6-22-16-26(35)25(27(36)17-22)12-9-20-7-10-24(34)11-8-20/h8-13,16-20,32-33,37-38H,14-15,21H2,1-7H3;7-12,15-19,31-32,36-38H,13-14,20H2,1-6H3;5-12,15-18,29-30,35-37H,13-14,19,34H2,1-4H3/b9-8+,12-10+;8-7+,11-9+;6-5+,12-9+/t32-,33-,36-;31-,32-,35-;29-,30-,33-/m111/s1. The van der Waals surface area contributed by atoms with Crippen LogP contribution in [0.5, 0.6) is 92.0 Å². The van der Waals surface area contributed by atoms with Crippen molar-refractivity contribution in [3.05, 3.63) is 217 Å². The van der Waals surface area contributed by atoms with E-state index in [1.165, 1.54) is 0 Å². The van der Waals surface area contributed by atoms with Crippen molar-refractivity contribution in [3.63, 3.8) is 0 Å². The van der Waals surface area contributed by atoms with E-state index in [1.54, 1.807) is 124 Å². The van der Waals surface area contributed by atoms with Gasteiger partial charge < -0.3 is 98.7 Å². The van der Waals surface area contributed by atoms with E-state index in [2.05, 4.69) is 80.5 Å². The molecule has 9 aromatic rings. The van der Waals surface area contributed by atoms with E-state index in [4.69, 9.17) is 57.8 Å². The van der Waals surface area contributed by atoms with Crippen molar-refractivity contribution in [1.29, 1.82) is 0 Å². The van der Waals surface area contributed by atoms with E-state index < -0.39 is 0 Å². The van der Waals surface area contributed by atoms with Crippen molar-refractivity contribution in [2.75, 3.05) is 62.6 Å². The van der Waals surface area contributed by atoms with Crippen LogP contribution in [0.2, 0.25) is 0 Å². The normalized spacial score (nSPS) is 23.0. The maximum atomic E-state index is 10.9. The molecule has 0 radical (unpaired) electrons. The quantitative estimate of drug-likeness (QED) is 0.0253. The number of aliphatic hydroxyl groups is 3. The second-order valence-corrected chi connectivity index (χ2v) is 35.8. The first kappa shape index (κ1) is 89.7. The van der Waals surface area contributed by atoms with Crippen LogP contribution in [-0.2, 0) is 19.3 Å². The van der Waals surface area contributed by atoms with E-state index in [1.807, 2.05) is 121 Å². The molecular formula is C104H119NO19. The summed E-state index contributed by atoms with van der Waals surface area (Å²) in [5, 5.41) is 85.9. The zero-order valence-electron chi connectivity index (χ0n) is 74.1. The molecule has 0 spiro atoms. The highest BCUT2D eigenvalue weighted by Crippen LogP contribution is 2.59. The number of aromatic hydroxyl groups is 5. The topological polar surface area (TPSA) is 289 Å². The van der Waals surface area contributed by atoms with Crippen molar-refractivity contribution in [1.82, 2.24) is 0 Å². The van der Waals surface area contributed by atoms with Crippen LogP contribution in [-0.4, -0.2) is 133 Å². The van der Waals surface area contributed by atoms with Gasteiger partial charge in [-0.05, 0) is 289 Å². The van der Waals surface area contributed by atoms with Gasteiger partial charge in [0.1, 0.15) is 51.3 Å². The van der Waals surface area contributed by atoms with E-state index in [9.17, 15) is 40.9 Å². The number of hydrogen-bond acceptors (Lipinski definition) is 20. The first-order valence-corrected chi connectivity index (χ1v) is 42.2. The lowest BCUT2D eigenvalue weighted by Gasteiger charge is -2.55. The van der Waals surface area contributed by atoms with Gasteiger partial charge in [-0.15, -0.1) is 0 Å². The SMILES string of the molecule is COc1cc(/C=C/c2cc(O)c(/C=C/c3ccc(N)cc3)c(O)c2)cc2c1O[C@]1(C)CC[C@@H](O)C(C)(C)[C@H]1C2.COc1ccc(/C=C/c2c(O)cc(/C=C/c3cc4c(c(OC)c3)O[C@]3(C)CC[C@@H](O)C(C)(C)[C@H]3C4)cc2O)cc1OC.COc1ccc(/C=C/c2c(O)cc(/C=C/c3cc4c(c(OC)c3)O[C@]3(C)CC[C@@H](O)C(C)(C)[C@H]3C4)cc2OC)cc1OC. The lowest BCUT2D eigenvalue weighted by molar-refractivity contribution is -0.138. The maximum absolute atomic E-state index is 10.9. The van der Waals surface area contributed by atoms with Crippen molar-refractivity contribution >= 4 is 78.6 Å². The van der Waals surface area contributed by atoms with Crippen LogP contribution < -0.4 is 57.8 Å². The molecule has 20 heteroatoms. The van der Waals surface area contributed by atoms with E-state index >= 15 is 0 Å². The zero-order valence-corrected chi connectivity index (χ0v) is 74.1. The van der Waals surface area contributed by atoms with Crippen molar-refractivity contribution in [2.24, 2.45) is 34.0 Å². The molecule has 0 bridgehead atoms. The highest BCUT2D eigenvalue weighted by atomic mass is 16.5. The Balaban J connectivity index is 0.000000160. The number of rotatable bonds is 20. The fourth-order valence-electron chi connectivity index (χ4n) is 19.2. The highest BCUT2D eigenvalue weighted by molar-refractivity contribution is 5.84. The zero-order chi connectivity index (χ0) is 89.1. The van der Waals surface area contributed by atoms with Crippen LogP contribution in [0.3, 0.4) is 0 Å². The summed E-state index contributed by atoms with van der Waals surface area (Å²) < 4.78 is 64.1. The Morgan fingerprint density at radius 3 is 0.831 bits per heavy atom. The summed E-state index contributed by atoms with van der Waals surface area (Å²) in [6.45, 7) is 19.2. The largest absolute Gasteiger partial charge is 0.507 e. The average Bonchev–Trinajstić information content (AvgIpc) is 0.737. The van der Waals surface area contributed by atoms with Gasteiger partial charge in [0.2, 0.25) is 0 Å². The molecule has 0 amide bonds. The van der Waals surface area contributed by atoms with Gasteiger partial charge in [-0.25, -0.2) is 0 Å². The van der Waals surface area contributed by atoms with Crippen LogP contribution in [0, 0.1) is 34.0 Å². The van der Waals surface area contributed by atoms with Gasteiger partial charge in [0, 0.05) is 23.4 Å². The number of hydrogen-bond donors (Lipinski definition) is 9. The van der Waals surface area contributed by atoms with Gasteiger partial charge in [0.15, 0.2) is 57.5 Å². The molecule has 3 heterocycles. The predicted molar refractivity (Wildman–Crippen MR) is 492 cm³/mol. The van der Waals surface area contributed by atoms with Gasteiger partial charge in [-0.1, -0.05) is 120 Å². The minimum Gasteiger partial charge on any atom is -0.507 e. The van der Waals surface area contributed by atoms with Crippen LogP contribution in [0.4, 0.5) is 5.69 Å². The summed E-state index contributed by atoms with van der Waals surface area (Å²) >= 11 is 0. The Morgan fingerprint density at radius 2 is 0.524 bits per heavy atom. The number of phenolic OH excluding ortho intramolecular Hbond substituents is 5. The fraction of sp³-hybridized carbons (Fsp3) is 0.365. The van der Waals surface area contributed by atoms with Gasteiger partial charge in [0.25, 0.3) is 0 Å². The summed E-state index contributed by atoms with van der Waals surface area (Å²) in [4.78, 5) is 0. The summed E-state index contributed by atoms with van der Waals surface area (Å²) in [5.74, 6) is 7.84. The molecule has 3 aliphatic heterocycles. The predicted octanol–water partition coefficient (Wildman–Crippen LogP) is 20.7. The third-order valence-electron chi connectivity index (χ3n) is 26.8. The Labute approximate surface area is 728 Å². The smallest absolute Gasteiger partial charge is 0.165 e. The second kappa shape index (κ2) is 36.4. The fourth-order valence-corrected chi connectivity index (χ4v) is 19.2. The summed E-state index contributed by atoms with van der Waals surface area (Å²) in [6.07, 6.45) is 27.9. The number of nitrogens with two attached hydrogens (primary N) is 1. The Kier molecular flexibility index (Phi) is 26.3. The molecule has 3 aliphatic carbocycles. The van der Waals surface area contributed by atoms with Gasteiger partial charge in [-0.3, -0.25) is 0 Å². The van der Waals surface area contributed by atoms with Crippen molar-refractivity contribution in [3.8, 4) is 92.0 Å². The number of phenols is 5. The molecule has 10 N–H and O–H groups in total. The lowest BCUT2D eigenvalue weighted by atomic mass is 9.57. The number of nitrogen functional groups attached to an aromatic ring is 1. The molecule has 0 aromatic heterocycles. The molecular weight excluding hydrogens is 1570 g/mol. The molecule has 6 aliphatic rings. The van der Waals surface area contributed by atoms with E-state index in [-0.39, 0.29) is 97.9 Å². The Hall–Kier alpha value is -12.1. The number of methoxy groups -OCH3 is 8. The molecule has 9 aromatic carbocycles. The Morgan fingerprint density at radius 1 is 0.282 bits per heavy atom. The average molecular weight is 1690 g/mol. The maximum Gasteiger partial charge on any atom is 0.165 e. The number of anilines is 1. The lowest BCUT2D eigenvalue weighted by Crippen LogP contribution is -2.58. The van der Waals surface area contributed by atoms with Crippen molar-refractivity contribution in [2.45, 2.75) is 155 Å². The van der Waals surface area contributed by atoms with E-state index in [0.29, 0.717) is 92.3 Å².